The summed E-state index contributed by atoms with van der Waals surface area (Å²) in [5, 5.41) is 6.74. The standard InChI is InChI=1S/C31H41N5O5.C2H6/c1-17-7-9-25-18(2)28(21(15-39-6)16-40-25)36-27(37)12-22(34-30(36)32)14-33-19(3)20-8-10-26-23(11-20)24(35-29(17)38)13-31(4,5)41-26;1-2/h7-11,19,21-22,24,28,33H,2,12-16H2,1,3-6H3,(H2,32,34)(H,35,38);1-2H3/b17-7+,25-9+;. The summed E-state index contributed by atoms with van der Waals surface area (Å²) in [7, 11) is 1.61. The average molecular weight is 594 g/mol. The van der Waals surface area contributed by atoms with Crippen LogP contribution in [0.2, 0.25) is 0 Å². The van der Waals surface area contributed by atoms with E-state index < -0.39 is 11.6 Å². The van der Waals surface area contributed by atoms with Crippen molar-refractivity contribution in [2.45, 2.75) is 84.2 Å². The zero-order chi connectivity index (χ0) is 31.5. The summed E-state index contributed by atoms with van der Waals surface area (Å²) in [6.45, 7) is 17.3. The maximum absolute atomic E-state index is 13.5. The van der Waals surface area contributed by atoms with E-state index >= 15 is 0 Å². The van der Waals surface area contributed by atoms with Crippen LogP contribution in [0.5, 0.6) is 5.75 Å². The summed E-state index contributed by atoms with van der Waals surface area (Å²) in [5.41, 5.74) is 9.09. The molecule has 0 aromatic heterocycles. The van der Waals surface area contributed by atoms with Gasteiger partial charge in [0.05, 0.1) is 37.8 Å². The van der Waals surface area contributed by atoms with E-state index in [1.807, 2.05) is 39.8 Å². The van der Waals surface area contributed by atoms with Gasteiger partial charge in [-0.3, -0.25) is 14.5 Å². The number of allylic oxidation sites excluding steroid dienone is 2. The molecular weight excluding hydrogens is 546 g/mol. The van der Waals surface area contributed by atoms with Crippen molar-refractivity contribution in [2.75, 3.05) is 26.9 Å². The first-order valence-electron chi connectivity index (χ1n) is 15.2. The molecule has 0 aliphatic carbocycles. The monoisotopic (exact) mass is 593 g/mol. The van der Waals surface area contributed by atoms with Gasteiger partial charge in [0.25, 0.3) is 0 Å². The first-order valence-corrected chi connectivity index (χ1v) is 15.2. The van der Waals surface area contributed by atoms with Crippen LogP contribution in [0.3, 0.4) is 0 Å². The van der Waals surface area contributed by atoms with E-state index in [2.05, 4.69) is 30.2 Å². The van der Waals surface area contributed by atoms with E-state index in [4.69, 9.17) is 24.9 Å². The van der Waals surface area contributed by atoms with Gasteiger partial charge in [-0.15, -0.1) is 0 Å². The lowest BCUT2D eigenvalue weighted by Crippen LogP contribution is -2.58. The zero-order valence-electron chi connectivity index (χ0n) is 26.5. The Morgan fingerprint density at radius 2 is 1.98 bits per heavy atom. The number of aliphatic imine (C=N–C) groups is 1. The Morgan fingerprint density at radius 3 is 2.67 bits per heavy atom. The van der Waals surface area contributed by atoms with Crippen molar-refractivity contribution < 1.29 is 23.8 Å². The minimum Gasteiger partial charge on any atom is -0.493 e. The molecule has 5 heterocycles. The number of methoxy groups -OCH3 is 1. The lowest BCUT2D eigenvalue weighted by molar-refractivity contribution is -0.131. The molecule has 2 amide bonds. The summed E-state index contributed by atoms with van der Waals surface area (Å²) in [5.74, 6) is 0.926. The molecule has 234 valence electrons. The van der Waals surface area contributed by atoms with Gasteiger partial charge in [-0.2, -0.15) is 0 Å². The molecule has 6 bridgehead atoms. The fraction of sp³-hybridized carbons (Fsp3) is 0.545. The van der Waals surface area contributed by atoms with Crippen LogP contribution in [0, 0.1) is 5.92 Å². The molecule has 1 fully saturated rings. The van der Waals surface area contributed by atoms with Gasteiger partial charge in [0.1, 0.15) is 17.1 Å². The van der Waals surface area contributed by atoms with E-state index in [-0.39, 0.29) is 48.2 Å². The second-order valence-electron chi connectivity index (χ2n) is 12.0. The van der Waals surface area contributed by atoms with Crippen molar-refractivity contribution in [2.24, 2.45) is 16.6 Å². The SMILES string of the molecule is C=C1/C2=C\C=C(/C)C(=O)NC3CC(C)(C)Oc4ccc(cc43)C(C)NCC3CC(=O)N(C(N)=N3)C1C(COC)CO2.CC. The quantitative estimate of drug-likeness (QED) is 0.472. The molecule has 5 unspecified atom stereocenters. The molecule has 4 N–H and O–H groups in total. The Balaban J connectivity index is 0.00000207. The van der Waals surface area contributed by atoms with Crippen LogP contribution >= 0.6 is 0 Å². The molecule has 0 spiro atoms. The van der Waals surface area contributed by atoms with Gasteiger partial charge >= 0.3 is 0 Å². The topological polar surface area (TPSA) is 128 Å². The van der Waals surface area contributed by atoms with E-state index in [1.165, 1.54) is 4.90 Å². The Kier molecular flexibility index (Phi) is 10.0. The maximum atomic E-state index is 13.5. The summed E-state index contributed by atoms with van der Waals surface area (Å²) in [4.78, 5) is 33.1. The fourth-order valence-corrected chi connectivity index (χ4v) is 6.07. The van der Waals surface area contributed by atoms with Crippen LogP contribution in [0.4, 0.5) is 0 Å². The van der Waals surface area contributed by atoms with E-state index in [0.29, 0.717) is 43.1 Å². The number of carbonyl (C=O) groups excluding carboxylic acids is 2. The number of ether oxygens (including phenoxy) is 3. The van der Waals surface area contributed by atoms with Crippen LogP contribution in [0.25, 0.3) is 0 Å². The van der Waals surface area contributed by atoms with Gasteiger partial charge in [0, 0.05) is 48.7 Å². The second-order valence-corrected chi connectivity index (χ2v) is 12.0. The van der Waals surface area contributed by atoms with Gasteiger partial charge in [-0.25, -0.2) is 4.99 Å². The third-order valence-corrected chi connectivity index (χ3v) is 8.27. The van der Waals surface area contributed by atoms with Gasteiger partial charge in [0.15, 0.2) is 5.96 Å². The van der Waals surface area contributed by atoms with E-state index in [0.717, 1.165) is 16.9 Å². The highest BCUT2D eigenvalue weighted by Crippen LogP contribution is 2.41. The van der Waals surface area contributed by atoms with Crippen molar-refractivity contribution in [1.82, 2.24) is 15.5 Å². The molecule has 5 aliphatic heterocycles. The number of nitrogens with one attached hydrogen (secondary N) is 2. The summed E-state index contributed by atoms with van der Waals surface area (Å²) >= 11 is 0. The zero-order valence-corrected chi connectivity index (χ0v) is 26.5. The largest absolute Gasteiger partial charge is 0.493 e. The van der Waals surface area contributed by atoms with Gasteiger partial charge in [-0.05, 0) is 51.5 Å². The number of hydrogen-bond acceptors (Lipinski definition) is 8. The Hall–Kier alpha value is -3.63. The molecule has 43 heavy (non-hydrogen) atoms. The second kappa shape index (κ2) is 13.3. The van der Waals surface area contributed by atoms with Crippen LogP contribution < -0.4 is 21.1 Å². The minimum atomic E-state index is -0.479. The summed E-state index contributed by atoms with van der Waals surface area (Å²) in [6, 6.07) is 5.05. The van der Waals surface area contributed by atoms with Crippen LogP contribution in [-0.2, 0) is 19.1 Å². The van der Waals surface area contributed by atoms with E-state index in [1.54, 1.807) is 26.2 Å². The fourth-order valence-electron chi connectivity index (χ4n) is 6.07. The number of nitrogens with zero attached hydrogens (tertiary/aromatic N) is 2. The van der Waals surface area contributed by atoms with Crippen molar-refractivity contribution in [3.8, 4) is 5.75 Å². The molecule has 0 radical (unpaired) electrons. The van der Waals surface area contributed by atoms with Crippen molar-refractivity contribution in [3.63, 3.8) is 0 Å². The van der Waals surface area contributed by atoms with Crippen molar-refractivity contribution in [3.05, 3.63) is 65.0 Å². The lowest BCUT2D eigenvalue weighted by Gasteiger charge is -2.43. The highest BCUT2D eigenvalue weighted by molar-refractivity contribution is 5.99. The number of benzene rings is 1. The normalized spacial score (nSPS) is 31.1. The smallest absolute Gasteiger partial charge is 0.247 e. The molecule has 1 saturated heterocycles. The molecule has 1 aromatic carbocycles. The van der Waals surface area contributed by atoms with Crippen LogP contribution in [-0.4, -0.2) is 67.2 Å². The Bertz CT molecular complexity index is 1330. The predicted molar refractivity (Wildman–Crippen MR) is 167 cm³/mol. The molecule has 1 aromatic rings. The number of amides is 2. The van der Waals surface area contributed by atoms with E-state index in [9.17, 15) is 9.59 Å². The molecule has 6 rings (SSSR count). The minimum absolute atomic E-state index is 0.0343. The van der Waals surface area contributed by atoms with Crippen LogP contribution in [0.15, 0.2) is 58.8 Å². The number of rotatable bonds is 2. The third kappa shape index (κ3) is 6.96. The Labute approximate surface area is 255 Å². The molecule has 10 nitrogen and oxygen atoms in total. The third-order valence-electron chi connectivity index (χ3n) is 8.27. The molecule has 0 saturated carbocycles. The molecular formula is C33H47N5O5. The van der Waals surface area contributed by atoms with Crippen molar-refractivity contribution in [1.29, 1.82) is 0 Å². The first-order chi connectivity index (χ1) is 20.5. The maximum Gasteiger partial charge on any atom is 0.247 e. The summed E-state index contributed by atoms with van der Waals surface area (Å²) < 4.78 is 17.7. The number of carbonyl (C=O) groups is 2. The number of nitrogens with two attached hydrogens (primary N) is 1. The summed E-state index contributed by atoms with van der Waals surface area (Å²) in [6.07, 6.45) is 4.30. The Morgan fingerprint density at radius 1 is 1.23 bits per heavy atom. The highest BCUT2D eigenvalue weighted by Gasteiger charge is 2.42. The van der Waals surface area contributed by atoms with Gasteiger partial charge in [-0.1, -0.05) is 32.6 Å². The van der Waals surface area contributed by atoms with Gasteiger partial charge < -0.3 is 30.6 Å². The van der Waals surface area contributed by atoms with Gasteiger partial charge in [0.2, 0.25) is 11.8 Å². The van der Waals surface area contributed by atoms with Crippen LogP contribution in [0.1, 0.15) is 77.6 Å². The number of fused-ring (bicyclic) bond motifs is 6. The lowest BCUT2D eigenvalue weighted by atomic mass is 9.88. The number of guanidine groups is 1. The molecule has 10 heteroatoms. The first kappa shape index (κ1) is 32.3. The number of hydrogen-bond donors (Lipinski definition) is 3. The van der Waals surface area contributed by atoms with Crippen molar-refractivity contribution >= 4 is 17.8 Å². The highest BCUT2D eigenvalue weighted by atomic mass is 16.5. The molecule has 5 aliphatic rings. The average Bonchev–Trinajstić information content (AvgIpc) is 2.96. The predicted octanol–water partition coefficient (Wildman–Crippen LogP) is 4.06. The molecule has 5 atom stereocenters.